The number of aryl methyl sites for hydroxylation is 1. The minimum Gasteiger partial charge on any atom is -0.396 e. The largest absolute Gasteiger partial charge is 0.396 e. The summed E-state index contributed by atoms with van der Waals surface area (Å²) in [6.07, 6.45) is 3.46. The zero-order chi connectivity index (χ0) is 11.5. The van der Waals surface area contributed by atoms with Crippen LogP contribution >= 0.6 is 0 Å². The number of anilines is 1. The maximum atomic E-state index is 12.1. The van der Waals surface area contributed by atoms with Gasteiger partial charge in [-0.25, -0.2) is 5.06 Å². The van der Waals surface area contributed by atoms with E-state index in [9.17, 15) is 4.79 Å². The molecule has 1 aliphatic heterocycles. The van der Waals surface area contributed by atoms with E-state index in [0.717, 1.165) is 12.8 Å². The summed E-state index contributed by atoms with van der Waals surface area (Å²) in [7, 11) is 0. The van der Waals surface area contributed by atoms with Crippen molar-refractivity contribution in [3.63, 3.8) is 0 Å². The van der Waals surface area contributed by atoms with Crippen LogP contribution in [0.4, 0.5) is 5.69 Å². The molecule has 88 valence electrons. The highest BCUT2D eigenvalue weighted by molar-refractivity contribution is 5.96. The van der Waals surface area contributed by atoms with Crippen LogP contribution in [0.15, 0.2) is 6.20 Å². The van der Waals surface area contributed by atoms with Gasteiger partial charge in [-0.05, 0) is 19.8 Å². The van der Waals surface area contributed by atoms with Crippen molar-refractivity contribution in [3.05, 3.63) is 11.9 Å². The minimum atomic E-state index is -0.198. The Kier molecular flexibility index (Phi) is 3.09. The topological polar surface area (TPSA) is 73.4 Å². The van der Waals surface area contributed by atoms with Gasteiger partial charge in [0.2, 0.25) is 0 Å². The summed E-state index contributed by atoms with van der Waals surface area (Å²) in [5.41, 5.74) is 6.56. The van der Waals surface area contributed by atoms with Crippen molar-refractivity contribution in [2.45, 2.75) is 26.3 Å². The van der Waals surface area contributed by atoms with Crippen LogP contribution in [-0.2, 0) is 11.4 Å². The van der Waals surface area contributed by atoms with Crippen LogP contribution in [0.1, 0.15) is 30.3 Å². The first kappa shape index (κ1) is 10.9. The van der Waals surface area contributed by atoms with Crippen molar-refractivity contribution in [1.29, 1.82) is 0 Å². The minimum absolute atomic E-state index is 0.198. The van der Waals surface area contributed by atoms with E-state index < -0.39 is 0 Å². The molecule has 0 bridgehead atoms. The highest BCUT2D eigenvalue weighted by atomic mass is 16.7. The Labute approximate surface area is 93.9 Å². The fourth-order valence-corrected chi connectivity index (χ4v) is 1.75. The molecule has 0 unspecified atom stereocenters. The Morgan fingerprint density at radius 1 is 1.62 bits per heavy atom. The molecule has 6 nitrogen and oxygen atoms in total. The van der Waals surface area contributed by atoms with Crippen LogP contribution < -0.4 is 5.73 Å². The standard InChI is InChI=1S/C10H16N4O2/c1-2-13-9(8(11)7-12-13)10(15)14-5-3-4-6-16-14/h7H,2-6,11H2,1H3. The molecular weight excluding hydrogens is 208 g/mol. The SMILES string of the molecule is CCn1ncc(N)c1C(=O)N1CCCCO1. The van der Waals surface area contributed by atoms with Crippen molar-refractivity contribution in [2.24, 2.45) is 0 Å². The lowest BCUT2D eigenvalue weighted by molar-refractivity contribution is -0.144. The van der Waals surface area contributed by atoms with E-state index in [0.29, 0.717) is 31.1 Å². The van der Waals surface area contributed by atoms with Gasteiger partial charge >= 0.3 is 0 Å². The number of rotatable bonds is 2. The molecule has 16 heavy (non-hydrogen) atoms. The fourth-order valence-electron chi connectivity index (χ4n) is 1.75. The predicted octanol–water partition coefficient (Wildman–Crippen LogP) is 0.653. The Bertz CT molecular complexity index is 382. The molecule has 0 spiro atoms. The number of nitrogens with zero attached hydrogens (tertiary/aromatic N) is 3. The van der Waals surface area contributed by atoms with Gasteiger partial charge < -0.3 is 5.73 Å². The average molecular weight is 224 g/mol. The number of hydrogen-bond donors (Lipinski definition) is 1. The van der Waals surface area contributed by atoms with Gasteiger partial charge in [0.15, 0.2) is 5.69 Å². The molecule has 0 radical (unpaired) electrons. The third kappa shape index (κ3) is 1.88. The smallest absolute Gasteiger partial charge is 0.297 e. The molecule has 1 aliphatic rings. The van der Waals surface area contributed by atoms with Crippen molar-refractivity contribution < 1.29 is 9.63 Å². The third-order valence-corrected chi connectivity index (χ3v) is 2.60. The highest BCUT2D eigenvalue weighted by Gasteiger charge is 2.24. The lowest BCUT2D eigenvalue weighted by atomic mass is 10.2. The summed E-state index contributed by atoms with van der Waals surface area (Å²) in [5, 5.41) is 5.42. The lowest BCUT2D eigenvalue weighted by Crippen LogP contribution is -2.37. The third-order valence-electron chi connectivity index (χ3n) is 2.60. The molecule has 0 aliphatic carbocycles. The molecule has 1 aromatic heterocycles. The number of carbonyl (C=O) groups excluding carboxylic acids is 1. The fraction of sp³-hybridized carbons (Fsp3) is 0.600. The Morgan fingerprint density at radius 2 is 2.44 bits per heavy atom. The molecule has 2 N–H and O–H groups in total. The summed E-state index contributed by atoms with van der Waals surface area (Å²) in [5.74, 6) is -0.198. The van der Waals surface area contributed by atoms with Crippen LogP contribution in [0.5, 0.6) is 0 Å². The average Bonchev–Trinajstić information content (AvgIpc) is 2.70. The number of amides is 1. The van der Waals surface area contributed by atoms with Crippen LogP contribution in [-0.4, -0.2) is 33.9 Å². The lowest BCUT2D eigenvalue weighted by Gasteiger charge is -2.26. The van der Waals surface area contributed by atoms with Gasteiger partial charge in [0, 0.05) is 13.1 Å². The van der Waals surface area contributed by atoms with E-state index in [4.69, 9.17) is 10.6 Å². The summed E-state index contributed by atoms with van der Waals surface area (Å²) >= 11 is 0. The Hall–Kier alpha value is -1.56. The molecule has 6 heteroatoms. The summed E-state index contributed by atoms with van der Waals surface area (Å²) in [6.45, 7) is 3.74. The maximum absolute atomic E-state index is 12.1. The van der Waals surface area contributed by atoms with E-state index in [1.807, 2.05) is 6.92 Å². The molecule has 0 saturated carbocycles. The zero-order valence-electron chi connectivity index (χ0n) is 9.35. The first-order valence-corrected chi connectivity index (χ1v) is 5.50. The maximum Gasteiger partial charge on any atom is 0.297 e. The Balaban J connectivity index is 2.21. The van der Waals surface area contributed by atoms with Gasteiger partial charge in [-0.15, -0.1) is 0 Å². The van der Waals surface area contributed by atoms with Gasteiger partial charge in [0.05, 0.1) is 18.5 Å². The molecule has 1 saturated heterocycles. The molecule has 2 heterocycles. The monoisotopic (exact) mass is 224 g/mol. The van der Waals surface area contributed by atoms with Gasteiger partial charge in [-0.2, -0.15) is 5.10 Å². The second-order valence-corrected chi connectivity index (χ2v) is 3.71. The van der Waals surface area contributed by atoms with Crippen LogP contribution in [0.3, 0.4) is 0 Å². The summed E-state index contributed by atoms with van der Waals surface area (Å²) in [4.78, 5) is 17.4. The van der Waals surface area contributed by atoms with Crippen molar-refractivity contribution in [3.8, 4) is 0 Å². The molecular formula is C10H16N4O2. The van der Waals surface area contributed by atoms with E-state index in [2.05, 4.69) is 5.10 Å². The van der Waals surface area contributed by atoms with E-state index >= 15 is 0 Å². The quantitative estimate of drug-likeness (QED) is 0.800. The van der Waals surface area contributed by atoms with E-state index in [-0.39, 0.29) is 5.91 Å². The van der Waals surface area contributed by atoms with Crippen molar-refractivity contribution >= 4 is 11.6 Å². The summed E-state index contributed by atoms with van der Waals surface area (Å²) < 4.78 is 1.59. The number of carbonyl (C=O) groups is 1. The van der Waals surface area contributed by atoms with Gasteiger partial charge in [0.1, 0.15) is 0 Å². The first-order chi connectivity index (χ1) is 7.74. The molecule has 2 rings (SSSR count). The second kappa shape index (κ2) is 4.52. The first-order valence-electron chi connectivity index (χ1n) is 5.50. The zero-order valence-corrected chi connectivity index (χ0v) is 9.35. The second-order valence-electron chi connectivity index (χ2n) is 3.71. The van der Waals surface area contributed by atoms with Crippen LogP contribution in [0, 0.1) is 0 Å². The molecule has 1 amide bonds. The normalized spacial score (nSPS) is 16.4. The molecule has 0 aromatic carbocycles. The highest BCUT2D eigenvalue weighted by Crippen LogP contribution is 2.16. The number of aromatic nitrogens is 2. The number of nitrogens with two attached hydrogens (primary N) is 1. The van der Waals surface area contributed by atoms with E-state index in [1.165, 1.54) is 11.3 Å². The summed E-state index contributed by atoms with van der Waals surface area (Å²) in [6, 6.07) is 0. The van der Waals surface area contributed by atoms with Crippen molar-refractivity contribution in [2.75, 3.05) is 18.9 Å². The van der Waals surface area contributed by atoms with E-state index in [1.54, 1.807) is 4.68 Å². The van der Waals surface area contributed by atoms with Crippen LogP contribution in [0.25, 0.3) is 0 Å². The van der Waals surface area contributed by atoms with Crippen molar-refractivity contribution in [1.82, 2.24) is 14.8 Å². The predicted molar refractivity (Wildman–Crippen MR) is 58.5 cm³/mol. The number of nitrogen functional groups attached to an aromatic ring is 1. The molecule has 0 atom stereocenters. The molecule has 1 aromatic rings. The van der Waals surface area contributed by atoms with Gasteiger partial charge in [0.25, 0.3) is 5.91 Å². The Morgan fingerprint density at radius 3 is 3.06 bits per heavy atom. The van der Waals surface area contributed by atoms with Gasteiger partial charge in [-0.1, -0.05) is 0 Å². The van der Waals surface area contributed by atoms with Gasteiger partial charge in [-0.3, -0.25) is 14.3 Å². The number of hydroxylamine groups is 2. The van der Waals surface area contributed by atoms with Crippen LogP contribution in [0.2, 0.25) is 0 Å². The molecule has 1 fully saturated rings. The number of hydrogen-bond acceptors (Lipinski definition) is 4.